The number of fused-ring (bicyclic) bond motifs is 1. The van der Waals surface area contributed by atoms with Gasteiger partial charge in [0.1, 0.15) is 0 Å². The fourth-order valence-electron chi connectivity index (χ4n) is 2.68. The van der Waals surface area contributed by atoms with E-state index in [1.807, 2.05) is 31.3 Å². The largest absolute Gasteiger partial charge is 0.305 e. The first-order chi connectivity index (χ1) is 10.3. The molecule has 3 aromatic rings. The number of hydrogen-bond acceptors (Lipinski definition) is 3. The van der Waals surface area contributed by atoms with Crippen LogP contribution in [0.1, 0.15) is 29.9 Å². The summed E-state index contributed by atoms with van der Waals surface area (Å²) in [6.07, 6.45) is 1.83. The van der Waals surface area contributed by atoms with Crippen LogP contribution >= 0.6 is 0 Å². The molecule has 0 fully saturated rings. The van der Waals surface area contributed by atoms with Crippen LogP contribution in [0.15, 0.2) is 54.7 Å². The number of hydrogen-bond donors (Lipinski definition) is 1. The van der Waals surface area contributed by atoms with Crippen molar-refractivity contribution in [3.8, 4) is 0 Å². The van der Waals surface area contributed by atoms with Gasteiger partial charge in [-0.05, 0) is 43.3 Å². The molecule has 3 nitrogen and oxygen atoms in total. The van der Waals surface area contributed by atoms with E-state index < -0.39 is 0 Å². The van der Waals surface area contributed by atoms with Crippen LogP contribution in [-0.2, 0) is 0 Å². The molecule has 1 unspecified atom stereocenters. The van der Waals surface area contributed by atoms with Crippen molar-refractivity contribution in [1.29, 1.82) is 0 Å². The fraction of sp³-hybridized carbons (Fsp3) is 0.222. The van der Waals surface area contributed by atoms with Gasteiger partial charge >= 0.3 is 0 Å². The molecule has 21 heavy (non-hydrogen) atoms. The van der Waals surface area contributed by atoms with Gasteiger partial charge in [0.15, 0.2) is 0 Å². The topological polar surface area (TPSA) is 37.8 Å². The third kappa shape index (κ3) is 2.78. The predicted octanol–water partition coefficient (Wildman–Crippen LogP) is 3.64. The molecule has 3 rings (SSSR count). The number of nitrogens with one attached hydrogen (secondary N) is 1. The van der Waals surface area contributed by atoms with Gasteiger partial charge in [-0.3, -0.25) is 9.97 Å². The number of aryl methyl sites for hydroxylation is 1. The second-order valence-corrected chi connectivity index (χ2v) is 5.11. The highest BCUT2D eigenvalue weighted by atomic mass is 14.9. The van der Waals surface area contributed by atoms with Crippen molar-refractivity contribution in [1.82, 2.24) is 15.3 Å². The Balaban J connectivity index is 2.16. The third-order valence-corrected chi connectivity index (χ3v) is 3.60. The summed E-state index contributed by atoms with van der Waals surface area (Å²) in [7, 11) is 0. The van der Waals surface area contributed by atoms with Crippen molar-refractivity contribution in [2.24, 2.45) is 0 Å². The van der Waals surface area contributed by atoms with E-state index in [1.54, 1.807) is 0 Å². The standard InChI is InChI=1S/C18H19N3/c1-3-19-18(17-11-4-7-13(2)21-17)15-8-5-10-16-14(15)9-6-12-20-16/h4-12,18-19H,3H2,1-2H3. The maximum Gasteiger partial charge on any atom is 0.0758 e. The fourth-order valence-corrected chi connectivity index (χ4v) is 2.68. The predicted molar refractivity (Wildman–Crippen MR) is 86.2 cm³/mol. The van der Waals surface area contributed by atoms with Crippen molar-refractivity contribution in [2.75, 3.05) is 6.54 Å². The van der Waals surface area contributed by atoms with Gasteiger partial charge in [-0.2, -0.15) is 0 Å². The summed E-state index contributed by atoms with van der Waals surface area (Å²) in [6.45, 7) is 5.03. The lowest BCUT2D eigenvalue weighted by Crippen LogP contribution is -2.23. The molecule has 1 N–H and O–H groups in total. The first kappa shape index (κ1) is 13.7. The molecule has 0 spiro atoms. The van der Waals surface area contributed by atoms with Crippen LogP contribution in [0, 0.1) is 6.92 Å². The van der Waals surface area contributed by atoms with Gasteiger partial charge in [-0.25, -0.2) is 0 Å². The summed E-state index contributed by atoms with van der Waals surface area (Å²) in [5, 5.41) is 4.72. The lowest BCUT2D eigenvalue weighted by molar-refractivity contribution is 0.617. The molecule has 106 valence electrons. The van der Waals surface area contributed by atoms with E-state index in [9.17, 15) is 0 Å². The smallest absolute Gasteiger partial charge is 0.0758 e. The molecule has 2 heterocycles. The molecule has 3 heteroatoms. The van der Waals surface area contributed by atoms with Crippen LogP contribution in [0.4, 0.5) is 0 Å². The van der Waals surface area contributed by atoms with Crippen molar-refractivity contribution in [3.05, 3.63) is 71.7 Å². The van der Waals surface area contributed by atoms with Crippen molar-refractivity contribution < 1.29 is 0 Å². The number of benzene rings is 1. The second-order valence-electron chi connectivity index (χ2n) is 5.11. The molecule has 0 bridgehead atoms. The molecule has 1 aromatic carbocycles. The average Bonchev–Trinajstić information content (AvgIpc) is 2.52. The van der Waals surface area contributed by atoms with Gasteiger partial charge in [0.05, 0.1) is 17.3 Å². The lowest BCUT2D eigenvalue weighted by Gasteiger charge is -2.20. The van der Waals surface area contributed by atoms with Gasteiger partial charge < -0.3 is 5.32 Å². The summed E-state index contributed by atoms with van der Waals surface area (Å²) in [4.78, 5) is 9.14. The minimum Gasteiger partial charge on any atom is -0.305 e. The van der Waals surface area contributed by atoms with Crippen LogP contribution in [-0.4, -0.2) is 16.5 Å². The van der Waals surface area contributed by atoms with Gasteiger partial charge in [-0.1, -0.05) is 31.2 Å². The normalized spacial score (nSPS) is 12.5. The molecule has 0 amide bonds. The van der Waals surface area contributed by atoms with E-state index in [1.165, 1.54) is 10.9 Å². The molecule has 2 aromatic heterocycles. The van der Waals surface area contributed by atoms with E-state index in [0.717, 1.165) is 23.4 Å². The third-order valence-electron chi connectivity index (χ3n) is 3.60. The molecule has 0 radical (unpaired) electrons. The van der Waals surface area contributed by atoms with E-state index in [-0.39, 0.29) is 6.04 Å². The SMILES string of the molecule is CCNC(c1cccc(C)n1)c1cccc2ncccc12. The van der Waals surface area contributed by atoms with Gasteiger partial charge in [0.2, 0.25) is 0 Å². The van der Waals surface area contributed by atoms with Crippen molar-refractivity contribution in [2.45, 2.75) is 19.9 Å². The number of aromatic nitrogens is 2. The molecular weight excluding hydrogens is 258 g/mol. The number of nitrogens with zero attached hydrogens (tertiary/aromatic N) is 2. The average molecular weight is 277 g/mol. The summed E-state index contributed by atoms with van der Waals surface area (Å²) < 4.78 is 0. The first-order valence-corrected chi connectivity index (χ1v) is 7.30. The summed E-state index contributed by atoms with van der Waals surface area (Å²) in [5.41, 5.74) is 4.33. The molecule has 1 atom stereocenters. The van der Waals surface area contributed by atoms with Crippen LogP contribution in [0.3, 0.4) is 0 Å². The summed E-state index contributed by atoms with van der Waals surface area (Å²) >= 11 is 0. The Morgan fingerprint density at radius 3 is 2.71 bits per heavy atom. The van der Waals surface area contributed by atoms with Crippen LogP contribution < -0.4 is 5.32 Å². The van der Waals surface area contributed by atoms with Gasteiger partial charge in [0, 0.05) is 17.3 Å². The summed E-state index contributed by atoms with van der Waals surface area (Å²) in [6, 6.07) is 16.6. The van der Waals surface area contributed by atoms with Crippen LogP contribution in [0.25, 0.3) is 10.9 Å². The highest BCUT2D eigenvalue weighted by Gasteiger charge is 2.17. The molecule has 0 saturated carbocycles. The second kappa shape index (κ2) is 6.02. The monoisotopic (exact) mass is 277 g/mol. The minimum absolute atomic E-state index is 0.0859. The Morgan fingerprint density at radius 1 is 1.05 bits per heavy atom. The lowest BCUT2D eigenvalue weighted by atomic mass is 9.98. The van der Waals surface area contributed by atoms with E-state index in [2.05, 4.69) is 47.6 Å². The van der Waals surface area contributed by atoms with E-state index in [0.29, 0.717) is 0 Å². The highest BCUT2D eigenvalue weighted by molar-refractivity contribution is 5.82. The van der Waals surface area contributed by atoms with Crippen molar-refractivity contribution in [3.63, 3.8) is 0 Å². The molecule has 0 aliphatic heterocycles. The Labute approximate surface area is 125 Å². The Hall–Kier alpha value is -2.26. The minimum atomic E-state index is 0.0859. The zero-order valence-electron chi connectivity index (χ0n) is 12.4. The zero-order chi connectivity index (χ0) is 14.7. The molecule has 0 saturated heterocycles. The van der Waals surface area contributed by atoms with E-state index >= 15 is 0 Å². The highest BCUT2D eigenvalue weighted by Crippen LogP contribution is 2.27. The van der Waals surface area contributed by atoms with Gasteiger partial charge in [-0.15, -0.1) is 0 Å². The Kier molecular flexibility index (Phi) is 3.93. The number of pyridine rings is 2. The maximum absolute atomic E-state index is 4.69. The Bertz CT molecular complexity index is 747. The van der Waals surface area contributed by atoms with Crippen molar-refractivity contribution >= 4 is 10.9 Å². The number of rotatable bonds is 4. The molecular formula is C18H19N3. The molecule has 0 aliphatic rings. The Morgan fingerprint density at radius 2 is 1.90 bits per heavy atom. The zero-order valence-corrected chi connectivity index (χ0v) is 12.4. The van der Waals surface area contributed by atoms with Gasteiger partial charge in [0.25, 0.3) is 0 Å². The first-order valence-electron chi connectivity index (χ1n) is 7.30. The quantitative estimate of drug-likeness (QED) is 0.791. The molecule has 0 aliphatic carbocycles. The summed E-state index contributed by atoms with van der Waals surface area (Å²) in [5.74, 6) is 0. The maximum atomic E-state index is 4.69. The van der Waals surface area contributed by atoms with Crippen LogP contribution in [0.2, 0.25) is 0 Å². The van der Waals surface area contributed by atoms with E-state index in [4.69, 9.17) is 4.98 Å². The van der Waals surface area contributed by atoms with Crippen LogP contribution in [0.5, 0.6) is 0 Å².